The van der Waals surface area contributed by atoms with Crippen molar-refractivity contribution in [2.24, 2.45) is 5.73 Å². The molecule has 4 heteroatoms. The average Bonchev–Trinajstić information content (AvgIpc) is 2.23. The Bertz CT molecular complexity index is 326. The number of amides is 1. The van der Waals surface area contributed by atoms with Gasteiger partial charge in [0.05, 0.1) is 0 Å². The molecule has 1 aromatic rings. The molecule has 0 atom stereocenters. The van der Waals surface area contributed by atoms with Crippen molar-refractivity contribution in [2.75, 3.05) is 19.7 Å². The molecule has 0 spiro atoms. The topological polar surface area (TPSA) is 64.3 Å². The summed E-state index contributed by atoms with van der Waals surface area (Å²) in [5, 5.41) is 2.63. The Labute approximate surface area is 89.4 Å². The Morgan fingerprint density at radius 2 is 2.33 bits per heavy atom. The zero-order valence-corrected chi connectivity index (χ0v) is 8.82. The Morgan fingerprint density at radius 1 is 1.53 bits per heavy atom. The van der Waals surface area contributed by atoms with E-state index in [4.69, 9.17) is 10.5 Å². The van der Waals surface area contributed by atoms with Crippen LogP contribution < -0.4 is 15.8 Å². The summed E-state index contributed by atoms with van der Waals surface area (Å²) in [6.07, 6.45) is 0. The lowest BCUT2D eigenvalue weighted by atomic mass is 10.2. The van der Waals surface area contributed by atoms with E-state index in [1.165, 1.54) is 0 Å². The second kappa shape index (κ2) is 6.03. The number of nitrogens with one attached hydrogen (secondary N) is 1. The Balaban J connectivity index is 2.33. The highest BCUT2D eigenvalue weighted by Gasteiger charge is 2.01. The molecular weight excluding hydrogens is 192 g/mol. The standard InChI is InChI=1S/C11H16N2O2/c1-9-3-2-4-10(7-9)15-8-11(14)13-6-5-12/h2-4,7H,5-6,8,12H2,1H3,(H,13,14). The monoisotopic (exact) mass is 208 g/mol. The number of carbonyl (C=O) groups is 1. The number of benzene rings is 1. The third-order valence-corrected chi connectivity index (χ3v) is 1.83. The van der Waals surface area contributed by atoms with Gasteiger partial charge in [-0.1, -0.05) is 12.1 Å². The summed E-state index contributed by atoms with van der Waals surface area (Å²) in [7, 11) is 0. The first-order chi connectivity index (χ1) is 7.22. The molecule has 0 aliphatic rings. The molecule has 0 aliphatic heterocycles. The van der Waals surface area contributed by atoms with Crippen molar-refractivity contribution in [3.8, 4) is 5.75 Å². The maximum Gasteiger partial charge on any atom is 0.257 e. The van der Waals surface area contributed by atoms with Crippen molar-refractivity contribution < 1.29 is 9.53 Å². The molecule has 0 saturated heterocycles. The Hall–Kier alpha value is -1.55. The number of aryl methyl sites for hydroxylation is 1. The van der Waals surface area contributed by atoms with Crippen LogP contribution in [0.15, 0.2) is 24.3 Å². The van der Waals surface area contributed by atoms with Gasteiger partial charge in [0.1, 0.15) is 5.75 Å². The fraction of sp³-hybridized carbons (Fsp3) is 0.364. The number of hydrogen-bond acceptors (Lipinski definition) is 3. The molecule has 0 bridgehead atoms. The number of hydrogen-bond donors (Lipinski definition) is 2. The van der Waals surface area contributed by atoms with E-state index >= 15 is 0 Å². The molecule has 0 heterocycles. The molecule has 15 heavy (non-hydrogen) atoms. The van der Waals surface area contributed by atoms with Gasteiger partial charge in [-0.3, -0.25) is 4.79 Å². The highest BCUT2D eigenvalue weighted by atomic mass is 16.5. The summed E-state index contributed by atoms with van der Waals surface area (Å²) < 4.78 is 5.29. The lowest BCUT2D eigenvalue weighted by molar-refractivity contribution is -0.123. The maximum atomic E-state index is 11.2. The van der Waals surface area contributed by atoms with Crippen LogP contribution >= 0.6 is 0 Å². The van der Waals surface area contributed by atoms with E-state index in [-0.39, 0.29) is 12.5 Å². The van der Waals surface area contributed by atoms with Gasteiger partial charge in [-0.05, 0) is 24.6 Å². The quantitative estimate of drug-likeness (QED) is 0.738. The number of carbonyl (C=O) groups excluding carboxylic acids is 1. The summed E-state index contributed by atoms with van der Waals surface area (Å²) in [6, 6.07) is 7.57. The zero-order chi connectivity index (χ0) is 11.1. The fourth-order valence-electron chi connectivity index (χ4n) is 1.12. The maximum absolute atomic E-state index is 11.2. The third-order valence-electron chi connectivity index (χ3n) is 1.83. The van der Waals surface area contributed by atoms with Gasteiger partial charge in [0.15, 0.2) is 6.61 Å². The third kappa shape index (κ3) is 4.46. The molecular formula is C11H16N2O2. The highest BCUT2D eigenvalue weighted by molar-refractivity contribution is 5.77. The van der Waals surface area contributed by atoms with Crippen molar-refractivity contribution in [1.82, 2.24) is 5.32 Å². The summed E-state index contributed by atoms with van der Waals surface area (Å²) >= 11 is 0. The van der Waals surface area contributed by atoms with Gasteiger partial charge in [0.25, 0.3) is 5.91 Å². The molecule has 1 aromatic carbocycles. The van der Waals surface area contributed by atoms with Gasteiger partial charge in [-0.15, -0.1) is 0 Å². The van der Waals surface area contributed by atoms with Crippen LogP contribution in [0, 0.1) is 6.92 Å². The normalized spacial score (nSPS) is 9.73. The van der Waals surface area contributed by atoms with Crippen LogP contribution in [0.1, 0.15) is 5.56 Å². The molecule has 0 radical (unpaired) electrons. The van der Waals surface area contributed by atoms with Crippen molar-refractivity contribution in [3.63, 3.8) is 0 Å². The van der Waals surface area contributed by atoms with E-state index in [0.717, 1.165) is 5.56 Å². The van der Waals surface area contributed by atoms with E-state index in [9.17, 15) is 4.79 Å². The first-order valence-electron chi connectivity index (χ1n) is 4.88. The van der Waals surface area contributed by atoms with Crippen LogP contribution in [0.25, 0.3) is 0 Å². The average molecular weight is 208 g/mol. The molecule has 0 aromatic heterocycles. The second-order valence-electron chi connectivity index (χ2n) is 3.24. The molecule has 82 valence electrons. The van der Waals surface area contributed by atoms with Gasteiger partial charge in [0, 0.05) is 13.1 Å². The van der Waals surface area contributed by atoms with Gasteiger partial charge < -0.3 is 15.8 Å². The van der Waals surface area contributed by atoms with E-state index in [1.54, 1.807) is 0 Å². The molecule has 1 amide bonds. The van der Waals surface area contributed by atoms with Crippen LogP contribution in [0.4, 0.5) is 0 Å². The molecule has 3 N–H and O–H groups in total. The molecule has 0 unspecified atom stereocenters. The minimum Gasteiger partial charge on any atom is -0.484 e. The number of rotatable bonds is 5. The molecule has 1 rings (SSSR count). The lowest BCUT2D eigenvalue weighted by Gasteiger charge is -2.06. The summed E-state index contributed by atoms with van der Waals surface area (Å²) in [6.45, 7) is 2.93. The predicted octanol–water partition coefficient (Wildman–Crippen LogP) is 0.449. The van der Waals surface area contributed by atoms with E-state index < -0.39 is 0 Å². The molecule has 4 nitrogen and oxygen atoms in total. The number of ether oxygens (including phenoxy) is 1. The minimum atomic E-state index is -0.151. The first-order valence-corrected chi connectivity index (χ1v) is 4.88. The largest absolute Gasteiger partial charge is 0.484 e. The van der Waals surface area contributed by atoms with Crippen molar-refractivity contribution in [3.05, 3.63) is 29.8 Å². The Morgan fingerprint density at radius 3 is 3.00 bits per heavy atom. The SMILES string of the molecule is Cc1cccc(OCC(=O)NCCN)c1. The highest BCUT2D eigenvalue weighted by Crippen LogP contribution is 2.11. The van der Waals surface area contributed by atoms with Crippen LogP contribution in [0.2, 0.25) is 0 Å². The van der Waals surface area contributed by atoms with Crippen LogP contribution in [-0.2, 0) is 4.79 Å². The predicted molar refractivity (Wildman–Crippen MR) is 58.7 cm³/mol. The lowest BCUT2D eigenvalue weighted by Crippen LogP contribution is -2.32. The van der Waals surface area contributed by atoms with Crippen molar-refractivity contribution in [1.29, 1.82) is 0 Å². The van der Waals surface area contributed by atoms with Crippen LogP contribution in [0.5, 0.6) is 5.75 Å². The van der Waals surface area contributed by atoms with Crippen LogP contribution in [0.3, 0.4) is 0 Å². The smallest absolute Gasteiger partial charge is 0.257 e. The molecule has 0 saturated carbocycles. The van der Waals surface area contributed by atoms with Crippen molar-refractivity contribution >= 4 is 5.91 Å². The van der Waals surface area contributed by atoms with Gasteiger partial charge in [-0.25, -0.2) is 0 Å². The van der Waals surface area contributed by atoms with Gasteiger partial charge >= 0.3 is 0 Å². The summed E-state index contributed by atoms with van der Waals surface area (Å²) in [4.78, 5) is 11.2. The Kier molecular flexibility index (Phi) is 4.63. The second-order valence-corrected chi connectivity index (χ2v) is 3.24. The minimum absolute atomic E-state index is 0.0312. The molecule has 0 fully saturated rings. The number of nitrogens with two attached hydrogens (primary N) is 1. The zero-order valence-electron chi connectivity index (χ0n) is 8.82. The molecule has 0 aliphatic carbocycles. The van der Waals surface area contributed by atoms with Crippen molar-refractivity contribution in [2.45, 2.75) is 6.92 Å². The van der Waals surface area contributed by atoms with E-state index in [2.05, 4.69) is 5.32 Å². The fourth-order valence-corrected chi connectivity index (χ4v) is 1.12. The summed E-state index contributed by atoms with van der Waals surface area (Å²) in [5.74, 6) is 0.555. The van der Waals surface area contributed by atoms with Gasteiger partial charge in [-0.2, -0.15) is 0 Å². The van der Waals surface area contributed by atoms with Crippen LogP contribution in [-0.4, -0.2) is 25.6 Å². The van der Waals surface area contributed by atoms with Gasteiger partial charge in [0.2, 0.25) is 0 Å². The van der Waals surface area contributed by atoms with E-state index in [0.29, 0.717) is 18.8 Å². The van der Waals surface area contributed by atoms with E-state index in [1.807, 2.05) is 31.2 Å². The first kappa shape index (κ1) is 11.5. The summed E-state index contributed by atoms with van der Waals surface area (Å²) in [5.41, 5.74) is 6.35.